The number of amides is 1. The Bertz CT molecular complexity index is 1130. The zero-order valence-corrected chi connectivity index (χ0v) is 19.2. The van der Waals surface area contributed by atoms with Crippen LogP contribution in [0.3, 0.4) is 0 Å². The van der Waals surface area contributed by atoms with Crippen LogP contribution in [0.25, 0.3) is 0 Å². The molecule has 0 saturated carbocycles. The third-order valence-corrected chi connectivity index (χ3v) is 6.69. The molecule has 0 bridgehead atoms. The number of rotatable bonds is 10. The molecule has 12 heteroatoms. The molecular weight excluding hydrogens is 468 g/mol. The normalized spacial score (nSPS) is 14.1. The van der Waals surface area contributed by atoms with Crippen LogP contribution in [0.5, 0.6) is 11.5 Å². The molecule has 2 aromatic carbocycles. The number of anilines is 1. The van der Waals surface area contributed by atoms with E-state index in [1.165, 1.54) is 53.9 Å². The molecule has 11 nitrogen and oxygen atoms in total. The summed E-state index contributed by atoms with van der Waals surface area (Å²) >= 11 is 0. The molecule has 0 unspecified atom stereocenters. The highest BCUT2D eigenvalue weighted by Crippen LogP contribution is 2.30. The van der Waals surface area contributed by atoms with Gasteiger partial charge in [-0.15, -0.1) is 0 Å². The Hall–Kier alpha value is -3.48. The monoisotopic (exact) mass is 492 g/mol. The molecule has 1 N–H and O–H groups in total. The number of morpholine rings is 1. The molecule has 1 amide bonds. The molecule has 0 spiro atoms. The average Bonchev–Trinajstić information content (AvgIpc) is 2.87. The van der Waals surface area contributed by atoms with Gasteiger partial charge in [0.2, 0.25) is 10.0 Å². The average molecular weight is 493 g/mol. The number of sulfonamides is 1. The van der Waals surface area contributed by atoms with Crippen molar-refractivity contribution in [3.63, 3.8) is 0 Å². The lowest BCUT2D eigenvalue weighted by Gasteiger charge is -2.26. The number of aldehydes is 1. The van der Waals surface area contributed by atoms with Crippen molar-refractivity contribution >= 4 is 33.9 Å². The topological polar surface area (TPSA) is 138 Å². The largest absolute Gasteiger partial charge is 0.495 e. The molecule has 1 saturated heterocycles. The highest BCUT2D eigenvalue weighted by molar-refractivity contribution is 7.89. The number of nitrogens with one attached hydrogen (secondary N) is 1. The van der Waals surface area contributed by atoms with Gasteiger partial charge in [-0.2, -0.15) is 4.31 Å². The minimum absolute atomic E-state index is 0.0966. The summed E-state index contributed by atoms with van der Waals surface area (Å²) in [4.78, 5) is 34.6. The molecule has 0 radical (unpaired) electrons. The quantitative estimate of drug-likeness (QED) is 0.381. The smallest absolute Gasteiger partial charge is 0.344 e. The molecule has 1 fully saturated rings. The number of hydrogen-bond donors (Lipinski definition) is 1. The first-order valence-corrected chi connectivity index (χ1v) is 11.7. The number of ether oxygens (including phenoxy) is 4. The summed E-state index contributed by atoms with van der Waals surface area (Å²) in [6.45, 7) is -0.0289. The second-order valence-electron chi connectivity index (χ2n) is 7.07. The van der Waals surface area contributed by atoms with Crippen molar-refractivity contribution in [2.75, 3.05) is 51.9 Å². The van der Waals surface area contributed by atoms with E-state index in [1.54, 1.807) is 0 Å². The second-order valence-corrected chi connectivity index (χ2v) is 8.97. The van der Waals surface area contributed by atoms with Crippen molar-refractivity contribution < 1.29 is 41.7 Å². The molecule has 0 atom stereocenters. The van der Waals surface area contributed by atoms with Crippen LogP contribution in [-0.2, 0) is 29.1 Å². The zero-order valence-electron chi connectivity index (χ0n) is 18.4. The number of hydrogen-bond acceptors (Lipinski definition) is 9. The van der Waals surface area contributed by atoms with Crippen LogP contribution in [-0.4, -0.2) is 77.5 Å². The molecule has 182 valence electrons. The van der Waals surface area contributed by atoms with Crippen LogP contribution < -0.4 is 14.8 Å². The van der Waals surface area contributed by atoms with E-state index >= 15 is 0 Å². The van der Waals surface area contributed by atoms with Crippen LogP contribution >= 0.6 is 0 Å². The molecule has 1 aliphatic rings. The van der Waals surface area contributed by atoms with Crippen LogP contribution in [0.15, 0.2) is 47.4 Å². The van der Waals surface area contributed by atoms with Gasteiger partial charge in [0.05, 0.1) is 20.3 Å². The predicted molar refractivity (Wildman–Crippen MR) is 119 cm³/mol. The van der Waals surface area contributed by atoms with Gasteiger partial charge >= 0.3 is 5.97 Å². The van der Waals surface area contributed by atoms with Gasteiger partial charge in [-0.3, -0.25) is 9.59 Å². The molecule has 0 aliphatic carbocycles. The maximum absolute atomic E-state index is 13.0. The second kappa shape index (κ2) is 11.6. The summed E-state index contributed by atoms with van der Waals surface area (Å²) in [7, 11) is -2.52. The summed E-state index contributed by atoms with van der Waals surface area (Å²) in [6, 6.07) is 10.3. The Balaban J connectivity index is 1.56. The molecule has 34 heavy (non-hydrogen) atoms. The third-order valence-electron chi connectivity index (χ3n) is 4.77. The number of carbonyl (C=O) groups is 3. The van der Waals surface area contributed by atoms with E-state index in [-0.39, 0.29) is 42.6 Å². The van der Waals surface area contributed by atoms with Crippen LogP contribution in [0.1, 0.15) is 10.4 Å². The summed E-state index contributed by atoms with van der Waals surface area (Å²) < 4.78 is 47.8. The number of esters is 1. The van der Waals surface area contributed by atoms with Gasteiger partial charge in [-0.1, -0.05) is 0 Å². The first-order valence-electron chi connectivity index (χ1n) is 10.2. The van der Waals surface area contributed by atoms with Crippen molar-refractivity contribution in [2.24, 2.45) is 0 Å². The van der Waals surface area contributed by atoms with Gasteiger partial charge in [0.15, 0.2) is 13.2 Å². The molecule has 2 aromatic rings. The maximum Gasteiger partial charge on any atom is 0.344 e. The van der Waals surface area contributed by atoms with Crippen molar-refractivity contribution in [2.45, 2.75) is 4.90 Å². The van der Waals surface area contributed by atoms with E-state index in [2.05, 4.69) is 5.32 Å². The van der Waals surface area contributed by atoms with Crippen molar-refractivity contribution in [1.29, 1.82) is 0 Å². The molecule has 1 aliphatic heterocycles. The number of methoxy groups -OCH3 is 1. The van der Waals surface area contributed by atoms with Crippen molar-refractivity contribution in [1.82, 2.24) is 4.31 Å². The van der Waals surface area contributed by atoms with E-state index in [4.69, 9.17) is 18.9 Å². The van der Waals surface area contributed by atoms with Gasteiger partial charge in [0.1, 0.15) is 22.7 Å². The maximum atomic E-state index is 13.0. The van der Waals surface area contributed by atoms with Gasteiger partial charge in [0, 0.05) is 24.3 Å². The molecule has 3 rings (SSSR count). The van der Waals surface area contributed by atoms with Crippen molar-refractivity contribution in [3.8, 4) is 11.5 Å². The van der Waals surface area contributed by atoms with E-state index < -0.39 is 35.1 Å². The Morgan fingerprint density at radius 3 is 2.44 bits per heavy atom. The predicted octanol–water partition coefficient (Wildman–Crippen LogP) is 1.09. The summed E-state index contributed by atoms with van der Waals surface area (Å²) in [5.74, 6) is -0.947. The van der Waals surface area contributed by atoms with Gasteiger partial charge < -0.3 is 24.3 Å². The zero-order chi connectivity index (χ0) is 24.6. The highest BCUT2D eigenvalue weighted by atomic mass is 32.2. The minimum atomic E-state index is -3.87. The lowest BCUT2D eigenvalue weighted by molar-refractivity contribution is -0.149. The van der Waals surface area contributed by atoms with Gasteiger partial charge in [-0.05, 0) is 42.5 Å². The Morgan fingerprint density at radius 2 is 1.79 bits per heavy atom. The first-order chi connectivity index (χ1) is 16.3. The van der Waals surface area contributed by atoms with Crippen molar-refractivity contribution in [3.05, 3.63) is 48.0 Å². The number of carbonyl (C=O) groups excluding carboxylic acids is 3. The molecular formula is C22H24N2O9S. The first kappa shape index (κ1) is 25.1. The summed E-state index contributed by atoms with van der Waals surface area (Å²) in [5, 5.41) is 2.50. The summed E-state index contributed by atoms with van der Waals surface area (Å²) in [6.07, 6.45) is 0.681. The third kappa shape index (κ3) is 6.53. The van der Waals surface area contributed by atoms with Gasteiger partial charge in [-0.25, -0.2) is 13.2 Å². The Morgan fingerprint density at radius 1 is 1.09 bits per heavy atom. The fourth-order valence-corrected chi connectivity index (χ4v) is 4.64. The molecule has 1 heterocycles. The fraction of sp³-hybridized carbons (Fsp3) is 0.318. The Labute approximate surface area is 196 Å². The molecule has 0 aromatic heterocycles. The standard InChI is InChI=1S/C22H24N2O9S/c1-30-19-7-4-17(12-20(19)34(28,29)24-8-10-31-11-9-24)23-21(26)14-33-22(27)15-32-18-5-2-16(13-25)3-6-18/h2-7,12-13H,8-11,14-15H2,1H3,(H,23,26). The van der Waals surface area contributed by atoms with Crippen LogP contribution in [0, 0.1) is 0 Å². The van der Waals surface area contributed by atoms with E-state index in [9.17, 15) is 22.8 Å². The van der Waals surface area contributed by atoms with Gasteiger partial charge in [0.25, 0.3) is 5.91 Å². The Kier molecular flexibility index (Phi) is 8.57. The van der Waals surface area contributed by atoms with Crippen LogP contribution in [0.2, 0.25) is 0 Å². The van der Waals surface area contributed by atoms with E-state index in [1.807, 2.05) is 0 Å². The lowest BCUT2D eigenvalue weighted by atomic mass is 10.2. The van der Waals surface area contributed by atoms with E-state index in [0.717, 1.165) is 0 Å². The SMILES string of the molecule is COc1ccc(NC(=O)COC(=O)COc2ccc(C=O)cc2)cc1S(=O)(=O)N1CCOCC1. The van der Waals surface area contributed by atoms with Crippen LogP contribution in [0.4, 0.5) is 5.69 Å². The minimum Gasteiger partial charge on any atom is -0.495 e. The van der Waals surface area contributed by atoms with E-state index in [0.29, 0.717) is 17.6 Å². The lowest BCUT2D eigenvalue weighted by Crippen LogP contribution is -2.40. The number of nitrogens with zero attached hydrogens (tertiary/aromatic N) is 1. The fourth-order valence-electron chi connectivity index (χ4n) is 3.05. The highest BCUT2D eigenvalue weighted by Gasteiger charge is 2.29. The number of benzene rings is 2. The summed E-state index contributed by atoms with van der Waals surface area (Å²) in [5.41, 5.74) is 0.659.